The fraction of sp³-hybridized carbons (Fsp3) is 0.409. The van der Waals surface area contributed by atoms with Gasteiger partial charge < -0.3 is 56.2 Å². The largest absolute Gasteiger partial charge is 0.480 e. The zero-order valence-corrected chi connectivity index (χ0v) is 96.4. The van der Waals surface area contributed by atoms with E-state index >= 15 is 0 Å². The summed E-state index contributed by atoms with van der Waals surface area (Å²) in [5.41, 5.74) is 12.3. The molecule has 0 aliphatic carbocycles. The van der Waals surface area contributed by atoms with E-state index in [1.807, 2.05) is 74.1 Å². The Morgan fingerprint density at radius 2 is 0.879 bits per heavy atom. The Kier molecular flexibility index (Phi) is 58.6. The lowest BCUT2D eigenvalue weighted by atomic mass is 10.0. The van der Waals surface area contributed by atoms with E-state index in [1.54, 1.807) is 149 Å². The molecule has 8 N–H and O–H groups in total. The Balaban J connectivity index is 0.000000894. The molecule has 0 unspecified atom stereocenters. The number of hydrogen-bond acceptors (Lipinski definition) is 31. The lowest BCUT2D eigenvalue weighted by molar-refractivity contribution is -0.142. The maximum absolute atomic E-state index is 14.5. The van der Waals surface area contributed by atoms with Crippen LogP contribution in [-0.2, 0) is 121 Å². The van der Waals surface area contributed by atoms with Gasteiger partial charge in [-0.1, -0.05) is 51.3 Å². The molecule has 15 rings (SSSR count). The number of nitrogens with one attached hydrogen (secondary N) is 4. The van der Waals surface area contributed by atoms with Crippen LogP contribution in [0, 0.1) is 41.5 Å². The number of carboxylic acids is 2. The Labute approximate surface area is 940 Å². The standard InChI is InChI=1S/C27H25BrFN7O3.C16H21BrFN3O3.C16H14N4O3.C11H13BrFN3O.C10H16FNO4.C6H7BrN2.C4H6N2.CH3ClO2S.2CH4.2ClH.S3.S2.H2S/c1-14-4-7-23(28)32-26(14)33-27(39)22-9-19(29)12-35(22)24(38)13-36-21-6-5-17(18-10-30-16(3)31-11-18)8-20(21)25(34-36)15(2)37;1-9-5-6-12(17)19-13(9)20-14(22)11-7-10(18)8-21(11)15(23)24-16(2,3)4;1-9(21)16-13-5-11(12-6-17-10(2)18-7-12)3-4-14(13)20(19-16)8-15(22)23;1-6-2-3-9(12)15-10(6)16-11(17)8-4-7(13)5-14-8;1-10(2,3)16-9(15)12-5-6(11)4-7(12)8(13)14;1-4-2-3-5(7)9-6(4)8;1-6-3-2-5-4-6;1-5(2,3)4;;;;;1-3-2;1-2;/h4-8,10-11,19,22H,9,12-13H2,1-3H3,(H,32,33,39);5-6,10-11H,7-8H2,1-4H3,(H,19,20,22);3-7H,8H2,1-2H3,(H,22,23);2-3,7-8,14H,4-5H2,1H3,(H,15,16,17);6-7H,4-5H2,1-3H3,(H,13,14);2-3H,1H3,(H2,8,9);2-4H,1H3;1H3;2*1H4;2*1H;;;1H2/t19-,22+;10-,11+;;7-,8+;6-,7+;;;;;;;;;;/m11.11........../s1. The van der Waals surface area contributed by atoms with Crippen molar-refractivity contribution in [3.63, 3.8) is 0 Å². The van der Waals surface area contributed by atoms with Crippen molar-refractivity contribution in [2.24, 2.45) is 7.05 Å². The number of halogens is 11. The van der Waals surface area contributed by atoms with E-state index in [1.165, 1.54) is 28.1 Å². The van der Waals surface area contributed by atoms with Gasteiger partial charge in [0.05, 0.1) is 49.3 Å². The number of aromatic nitrogens is 14. The van der Waals surface area contributed by atoms with Crippen LogP contribution in [0.15, 0.2) is 147 Å². The molecule has 4 aliphatic rings. The quantitative estimate of drug-likeness (QED) is 0.0217. The van der Waals surface area contributed by atoms with Crippen molar-refractivity contribution in [2.75, 3.05) is 54.1 Å². The molecule has 9 aromatic heterocycles. The summed E-state index contributed by atoms with van der Waals surface area (Å²) in [6, 6.07) is 21.8. The number of fused-ring (bicyclic) bond motifs is 2. The molecule has 38 nitrogen and oxygen atoms in total. The lowest BCUT2D eigenvalue weighted by Crippen LogP contribution is -2.45. The predicted octanol–water partition coefficient (Wildman–Crippen LogP) is 17.3. The second kappa shape index (κ2) is 63.9. The second-order valence-electron chi connectivity index (χ2n) is 34.2. The molecule has 4 fully saturated rings. The van der Waals surface area contributed by atoms with Gasteiger partial charge in [-0.05, 0) is 229 Å². The van der Waals surface area contributed by atoms with Crippen LogP contribution >= 0.6 is 113 Å². The molecule has 0 bridgehead atoms. The number of hydrogen-bond donors (Lipinski definition) is 7. The van der Waals surface area contributed by atoms with E-state index in [2.05, 4.69) is 195 Å². The van der Waals surface area contributed by atoms with Gasteiger partial charge in [-0.25, -0.2) is 85.2 Å². The summed E-state index contributed by atoms with van der Waals surface area (Å²) in [7, 11) is 4.16. The van der Waals surface area contributed by atoms with Crippen LogP contribution in [0.3, 0.4) is 0 Å². The molecule has 56 heteroatoms. The monoisotopic (exact) mass is 2520 g/mol. The number of anilines is 4. The number of Topliss-reactive ketones (excluding diaryl/α,β-unsaturated/α-hetero) is 2. The molecule has 4 saturated heterocycles. The number of carbonyl (C=O) groups is 10. The van der Waals surface area contributed by atoms with Crippen molar-refractivity contribution < 1.29 is 93.6 Å². The number of alkyl halides is 4. The van der Waals surface area contributed by atoms with Gasteiger partial charge in [0.1, 0.15) is 132 Å². The molecule has 4 aliphatic heterocycles. The van der Waals surface area contributed by atoms with Gasteiger partial charge in [-0.3, -0.25) is 52.7 Å². The van der Waals surface area contributed by atoms with Crippen molar-refractivity contribution in [1.82, 2.24) is 89.0 Å². The minimum Gasteiger partial charge on any atom is -0.480 e. The molecule has 8 atom stereocenters. The number of carboxylic acid groups (broad SMARTS) is 2. The minimum absolute atomic E-state index is 0. The number of pyridine rings is 4. The molecule has 149 heavy (non-hydrogen) atoms. The summed E-state index contributed by atoms with van der Waals surface area (Å²) in [5, 5.41) is 38.5. The Morgan fingerprint density at radius 3 is 1.19 bits per heavy atom. The van der Waals surface area contributed by atoms with Gasteiger partial charge in [0, 0.05) is 177 Å². The van der Waals surface area contributed by atoms with Crippen LogP contribution in [0.2, 0.25) is 0 Å². The number of nitrogens with zero attached hydrogens (tertiary/aromatic N) is 17. The van der Waals surface area contributed by atoms with Gasteiger partial charge >= 0.3 is 24.1 Å². The number of nitrogens with two attached hydrogens (primary N) is 1. The number of nitrogen functional groups attached to an aromatic ring is 1. The van der Waals surface area contributed by atoms with Crippen LogP contribution in [0.1, 0.15) is 151 Å². The number of ether oxygens (including phenoxy) is 2. The highest BCUT2D eigenvalue weighted by Gasteiger charge is 2.45. The molecule has 0 spiro atoms. The fourth-order valence-electron chi connectivity index (χ4n) is 13.6. The molecule has 0 radical (unpaired) electrons. The lowest BCUT2D eigenvalue weighted by Gasteiger charge is -2.27. The number of aryl methyl sites for hydroxylation is 7. The van der Waals surface area contributed by atoms with E-state index < -0.39 is 111 Å². The highest BCUT2D eigenvalue weighted by atomic mass is 79.9. The van der Waals surface area contributed by atoms with Gasteiger partial charge in [-0.2, -0.15) is 23.7 Å². The molecular formula is C93H117Br4Cl3F4N22O16S7. The summed E-state index contributed by atoms with van der Waals surface area (Å²) in [4.78, 5) is 161. The number of amides is 6. The third-order valence-corrected chi connectivity index (χ3v) is 22.0. The van der Waals surface area contributed by atoms with E-state index in [0.29, 0.717) is 70.5 Å². The molecule has 13 heterocycles. The molecular weight excluding hydrogens is 2410 g/mol. The Bertz CT molecular complexity index is 6560. The summed E-state index contributed by atoms with van der Waals surface area (Å²) in [5.74, 6) is -1.28. The van der Waals surface area contributed by atoms with Crippen molar-refractivity contribution in [3.05, 3.63) is 192 Å². The number of rotatable bonds is 15. The molecule has 6 amide bonds. The zero-order valence-electron chi connectivity index (χ0n) is 81.8. The van der Waals surface area contributed by atoms with Crippen LogP contribution in [0.4, 0.5) is 50.4 Å². The molecule has 814 valence electrons. The predicted molar refractivity (Wildman–Crippen MR) is 601 cm³/mol. The van der Waals surface area contributed by atoms with Crippen LogP contribution < -0.4 is 27.0 Å². The number of benzene rings is 2. The fourth-order valence-corrected chi connectivity index (χ4v) is 14.8. The topological polar surface area (TPSA) is 504 Å². The summed E-state index contributed by atoms with van der Waals surface area (Å²) in [6.45, 7) is 23.1. The van der Waals surface area contributed by atoms with E-state index in [4.69, 9.17) is 25.4 Å². The van der Waals surface area contributed by atoms with Crippen molar-refractivity contribution >= 4 is 280 Å². The average Bonchev–Trinajstić information content (AvgIpc) is 1.62. The number of imidazole rings is 1. The van der Waals surface area contributed by atoms with Crippen LogP contribution in [0.25, 0.3) is 44.1 Å². The van der Waals surface area contributed by atoms with Crippen LogP contribution in [0.5, 0.6) is 0 Å². The SMILES string of the molecule is C.C.CC(=O)c1nn(CC(=O)N2C[C@H](F)C[C@H]2C(=O)Nc2nc(Br)ccc2C)c2ccc(-c3cnc(C)nc3)cc12.CC(=O)c1nn(CC(=O)O)c2ccc(-c3cnc(C)nc3)cc12.CC(C)(C)OC(=O)N1C[C@H](F)C[C@H]1C(=O)O.CS(=O)(=O)Cl.Cc1ccc(Br)nc1N.Cc1ccc(Br)nc1NC(=O)[C@@H]1C[C@@H](F)CN1.Cc1ccc(Br)nc1NC(=O)[C@@H]1C[C@@H](F)CN1C(=O)OC(C)(C)C.Cl.Cl.Cn1ccnc1.S.S=S.S=S=S. The first-order valence-electron chi connectivity index (χ1n) is 43.1. The maximum atomic E-state index is 14.5. The zero-order chi connectivity index (χ0) is 108. The first-order valence-corrected chi connectivity index (χ1v) is 53.0. The maximum Gasteiger partial charge on any atom is 0.411 e. The van der Waals surface area contributed by atoms with Crippen molar-refractivity contribution in [3.8, 4) is 22.3 Å². The number of carbonyl (C=O) groups excluding carboxylic acids is 8. The Morgan fingerprint density at radius 1 is 0.537 bits per heavy atom. The molecule has 0 saturated carbocycles. The summed E-state index contributed by atoms with van der Waals surface area (Å²) < 4.78 is 90.5. The van der Waals surface area contributed by atoms with E-state index in [-0.39, 0.29) is 147 Å². The highest BCUT2D eigenvalue weighted by molar-refractivity contribution is 9.11. The van der Waals surface area contributed by atoms with E-state index in [9.17, 15) is 73.9 Å². The highest BCUT2D eigenvalue weighted by Crippen LogP contribution is 2.33. The van der Waals surface area contributed by atoms with Crippen molar-refractivity contribution in [2.45, 2.75) is 211 Å². The summed E-state index contributed by atoms with van der Waals surface area (Å²) in [6.07, 6.45) is 6.68. The first kappa shape index (κ1) is 137. The van der Waals surface area contributed by atoms with Crippen LogP contribution in [-0.4, -0.2) is 254 Å². The minimum atomic E-state index is -3.19. The smallest absolute Gasteiger partial charge is 0.411 e. The number of ketones is 2. The van der Waals surface area contributed by atoms with Crippen molar-refractivity contribution in [1.29, 1.82) is 0 Å². The van der Waals surface area contributed by atoms with Gasteiger partial charge in [-0.15, -0.1) is 24.8 Å². The Hall–Kier alpha value is -10.3. The molecule has 2 aromatic carbocycles. The number of aliphatic carboxylic acids is 2. The third kappa shape index (κ3) is 44.9. The van der Waals surface area contributed by atoms with Gasteiger partial charge in [0.25, 0.3) is 0 Å². The normalized spacial score (nSPS) is 16.4. The van der Waals surface area contributed by atoms with Gasteiger partial charge in [0.2, 0.25) is 32.7 Å². The third-order valence-electron chi connectivity index (χ3n) is 20.2. The molecule has 11 aromatic rings. The summed E-state index contributed by atoms with van der Waals surface area (Å²) >= 11 is 28.5. The second-order valence-corrected chi connectivity index (χ2v) is 42.3. The first-order chi connectivity index (χ1) is 67.4. The van der Waals surface area contributed by atoms with E-state index in [0.717, 1.165) is 74.0 Å². The van der Waals surface area contributed by atoms with Gasteiger partial charge in [0.15, 0.2) is 11.6 Å². The number of likely N-dealkylation sites (tertiary alicyclic amines) is 3. The average molecular weight is 2530 g/mol.